The number of sulfonamides is 1. The third-order valence-electron chi connectivity index (χ3n) is 7.36. The fourth-order valence-electron chi connectivity index (χ4n) is 4.67. The predicted molar refractivity (Wildman–Crippen MR) is 169 cm³/mol. The molecule has 1 N–H and O–H groups in total. The quantitative estimate of drug-likeness (QED) is 0.268. The fraction of sp³-hybridized carbons (Fsp3) is 0.394. The summed E-state index contributed by atoms with van der Waals surface area (Å²) in [6.45, 7) is 8.93. The van der Waals surface area contributed by atoms with Gasteiger partial charge in [-0.25, -0.2) is 8.42 Å². The van der Waals surface area contributed by atoms with Gasteiger partial charge in [0.1, 0.15) is 24.1 Å². The van der Waals surface area contributed by atoms with Crippen LogP contribution in [0.25, 0.3) is 0 Å². The Bertz CT molecular complexity index is 1510. The molecule has 0 heterocycles. The Hall–Kier alpha value is -4.05. The molecule has 232 valence electrons. The minimum Gasteiger partial charge on any atom is -0.497 e. The van der Waals surface area contributed by atoms with Crippen LogP contribution >= 0.6 is 0 Å². The van der Waals surface area contributed by atoms with E-state index in [1.165, 1.54) is 24.1 Å². The maximum Gasteiger partial charge on any atom is 0.264 e. The van der Waals surface area contributed by atoms with Gasteiger partial charge in [-0.05, 0) is 81.1 Å². The maximum atomic E-state index is 14.3. The Morgan fingerprint density at radius 3 is 2.16 bits per heavy atom. The number of aryl methyl sites for hydroxylation is 2. The molecule has 0 aliphatic carbocycles. The summed E-state index contributed by atoms with van der Waals surface area (Å²) in [6.07, 6.45) is 1.05. The number of methoxy groups -OCH3 is 2. The van der Waals surface area contributed by atoms with Gasteiger partial charge in [0, 0.05) is 12.6 Å². The van der Waals surface area contributed by atoms with Crippen LogP contribution in [0.5, 0.6) is 11.5 Å². The van der Waals surface area contributed by atoms with E-state index in [0.29, 0.717) is 17.9 Å². The average Bonchev–Trinajstić information content (AvgIpc) is 2.99. The van der Waals surface area contributed by atoms with Gasteiger partial charge >= 0.3 is 0 Å². The third-order valence-corrected chi connectivity index (χ3v) is 9.14. The van der Waals surface area contributed by atoms with Crippen molar-refractivity contribution < 1.29 is 27.5 Å². The first-order valence-electron chi connectivity index (χ1n) is 14.4. The first-order chi connectivity index (χ1) is 20.4. The van der Waals surface area contributed by atoms with Gasteiger partial charge in [-0.2, -0.15) is 0 Å². The van der Waals surface area contributed by atoms with E-state index >= 15 is 0 Å². The first kappa shape index (κ1) is 33.5. The summed E-state index contributed by atoms with van der Waals surface area (Å²) >= 11 is 0. The molecule has 0 fully saturated rings. The summed E-state index contributed by atoms with van der Waals surface area (Å²) in [7, 11) is -1.22. The maximum absolute atomic E-state index is 14.3. The van der Waals surface area contributed by atoms with Crippen molar-refractivity contribution in [3.8, 4) is 11.5 Å². The molecule has 2 unspecified atom stereocenters. The van der Waals surface area contributed by atoms with Crippen molar-refractivity contribution >= 4 is 27.5 Å². The van der Waals surface area contributed by atoms with Crippen molar-refractivity contribution in [3.05, 3.63) is 83.4 Å². The Balaban J connectivity index is 2.14. The Morgan fingerprint density at radius 1 is 0.884 bits per heavy atom. The Morgan fingerprint density at radius 2 is 1.56 bits per heavy atom. The number of nitrogens with zero attached hydrogens (tertiary/aromatic N) is 2. The summed E-state index contributed by atoms with van der Waals surface area (Å²) in [5.41, 5.74) is 2.66. The summed E-state index contributed by atoms with van der Waals surface area (Å²) in [6, 6.07) is 17.9. The molecule has 0 aliphatic rings. The summed E-state index contributed by atoms with van der Waals surface area (Å²) < 4.78 is 40.4. The number of ether oxygens (including phenoxy) is 2. The molecule has 2 atom stereocenters. The molecule has 2 amide bonds. The molecule has 43 heavy (non-hydrogen) atoms. The highest BCUT2D eigenvalue weighted by atomic mass is 32.2. The zero-order valence-corrected chi connectivity index (χ0v) is 26.9. The molecule has 0 bridgehead atoms. The van der Waals surface area contributed by atoms with Gasteiger partial charge < -0.3 is 19.7 Å². The van der Waals surface area contributed by atoms with E-state index in [2.05, 4.69) is 5.32 Å². The molecule has 0 aliphatic heterocycles. The molecular weight excluding hydrogens is 566 g/mol. The van der Waals surface area contributed by atoms with E-state index < -0.39 is 28.5 Å². The fourth-order valence-corrected chi connectivity index (χ4v) is 6.09. The number of nitrogens with one attached hydrogen (secondary N) is 1. The summed E-state index contributed by atoms with van der Waals surface area (Å²) in [5, 5.41) is 2.99. The van der Waals surface area contributed by atoms with Gasteiger partial charge in [0.25, 0.3) is 10.0 Å². The van der Waals surface area contributed by atoms with E-state index in [0.717, 1.165) is 27.4 Å². The van der Waals surface area contributed by atoms with Crippen molar-refractivity contribution in [3.63, 3.8) is 0 Å². The largest absolute Gasteiger partial charge is 0.497 e. The number of benzene rings is 3. The van der Waals surface area contributed by atoms with Crippen molar-refractivity contribution in [2.75, 3.05) is 25.1 Å². The van der Waals surface area contributed by atoms with Crippen LogP contribution in [0, 0.1) is 13.8 Å². The normalized spacial score (nSPS) is 12.6. The summed E-state index contributed by atoms with van der Waals surface area (Å²) in [4.78, 5) is 29.3. The van der Waals surface area contributed by atoms with E-state index in [9.17, 15) is 18.0 Å². The van der Waals surface area contributed by atoms with Crippen LogP contribution < -0.4 is 19.1 Å². The van der Waals surface area contributed by atoms with Gasteiger partial charge in [-0.1, -0.05) is 49.7 Å². The number of rotatable bonds is 14. The lowest BCUT2D eigenvalue weighted by Crippen LogP contribution is -2.53. The first-order valence-corrected chi connectivity index (χ1v) is 15.9. The molecule has 0 saturated carbocycles. The van der Waals surface area contributed by atoms with Crippen LogP contribution in [0.15, 0.2) is 71.6 Å². The molecule has 3 aromatic carbocycles. The number of carbonyl (C=O) groups is 2. The highest BCUT2D eigenvalue weighted by molar-refractivity contribution is 7.92. The van der Waals surface area contributed by atoms with Crippen LogP contribution in [-0.4, -0.2) is 58.0 Å². The minimum atomic E-state index is -4.22. The van der Waals surface area contributed by atoms with E-state index in [1.807, 2.05) is 52.8 Å². The van der Waals surface area contributed by atoms with Crippen LogP contribution in [0.4, 0.5) is 5.69 Å². The second kappa shape index (κ2) is 14.9. The molecule has 10 heteroatoms. The van der Waals surface area contributed by atoms with Gasteiger partial charge in [0.05, 0.1) is 24.8 Å². The topological polar surface area (TPSA) is 105 Å². The molecule has 0 aromatic heterocycles. The second-order valence-corrected chi connectivity index (χ2v) is 12.5. The van der Waals surface area contributed by atoms with Gasteiger partial charge in [-0.15, -0.1) is 0 Å². The number of anilines is 1. The number of hydrogen-bond donors (Lipinski definition) is 1. The lowest BCUT2D eigenvalue weighted by atomic mass is 10.1. The van der Waals surface area contributed by atoms with Crippen LogP contribution in [-0.2, 0) is 26.2 Å². The lowest BCUT2D eigenvalue weighted by molar-refractivity contribution is -0.140. The molecule has 3 aromatic rings. The molecule has 0 saturated heterocycles. The van der Waals surface area contributed by atoms with Crippen LogP contribution in [0.1, 0.15) is 50.3 Å². The Labute approximate surface area is 255 Å². The molecular formula is C33H43N3O6S. The monoisotopic (exact) mass is 609 g/mol. The van der Waals surface area contributed by atoms with Crippen molar-refractivity contribution in [2.24, 2.45) is 0 Å². The molecule has 0 spiro atoms. The zero-order chi connectivity index (χ0) is 31.7. The van der Waals surface area contributed by atoms with Crippen molar-refractivity contribution in [2.45, 2.75) is 71.0 Å². The second-order valence-electron chi connectivity index (χ2n) is 10.6. The average molecular weight is 610 g/mol. The third kappa shape index (κ3) is 8.28. The highest BCUT2D eigenvalue weighted by Crippen LogP contribution is 2.34. The molecule has 3 rings (SSSR count). The van der Waals surface area contributed by atoms with Crippen LogP contribution in [0.2, 0.25) is 0 Å². The lowest BCUT2D eigenvalue weighted by Gasteiger charge is -2.34. The number of hydrogen-bond acceptors (Lipinski definition) is 6. The number of amides is 2. The minimum absolute atomic E-state index is 0.0374. The molecule has 9 nitrogen and oxygen atoms in total. The summed E-state index contributed by atoms with van der Waals surface area (Å²) in [5.74, 6) is 0.0763. The number of carbonyl (C=O) groups excluding carboxylic acids is 2. The standard InChI is InChI=1S/C33H43N3O6S/c1-8-25(5)34-33(38)29(9-2)35(21-26-11-10-12-27(20-26)41-6)32(37)22-36(30-19-24(4)15-18-31(30)42-7)43(39,40)28-16-13-23(3)14-17-28/h10-20,25,29H,8-9,21-22H2,1-7H3,(H,34,38). The van der Waals surface area contributed by atoms with E-state index in [-0.39, 0.29) is 29.1 Å². The smallest absolute Gasteiger partial charge is 0.264 e. The van der Waals surface area contributed by atoms with Gasteiger partial charge in [0.15, 0.2) is 0 Å². The van der Waals surface area contributed by atoms with E-state index in [1.54, 1.807) is 43.5 Å². The SMILES string of the molecule is CCC(C)NC(=O)C(CC)N(Cc1cccc(OC)c1)C(=O)CN(c1cc(C)ccc1OC)S(=O)(=O)c1ccc(C)cc1. The predicted octanol–water partition coefficient (Wildman–Crippen LogP) is 5.24. The van der Waals surface area contributed by atoms with Crippen molar-refractivity contribution in [1.82, 2.24) is 10.2 Å². The van der Waals surface area contributed by atoms with Crippen molar-refractivity contribution in [1.29, 1.82) is 0 Å². The van der Waals surface area contributed by atoms with Gasteiger partial charge in [0.2, 0.25) is 11.8 Å². The van der Waals surface area contributed by atoms with Crippen LogP contribution in [0.3, 0.4) is 0 Å². The van der Waals surface area contributed by atoms with Gasteiger partial charge in [-0.3, -0.25) is 13.9 Å². The Kier molecular flexibility index (Phi) is 11.6. The highest BCUT2D eigenvalue weighted by Gasteiger charge is 2.35. The zero-order valence-electron chi connectivity index (χ0n) is 26.1. The molecule has 0 radical (unpaired) electrons. The van der Waals surface area contributed by atoms with E-state index in [4.69, 9.17) is 9.47 Å².